The van der Waals surface area contributed by atoms with Crippen molar-refractivity contribution < 1.29 is 4.74 Å². The van der Waals surface area contributed by atoms with Gasteiger partial charge in [0.15, 0.2) is 0 Å². The Labute approximate surface area is 123 Å². The number of nitrogens with one attached hydrogen (secondary N) is 1. The van der Waals surface area contributed by atoms with Crippen LogP contribution in [0.5, 0.6) is 0 Å². The minimum Gasteiger partial charge on any atom is -0.382 e. The molecule has 2 heterocycles. The van der Waals surface area contributed by atoms with Crippen LogP contribution in [0.1, 0.15) is 13.3 Å². The van der Waals surface area contributed by atoms with Crippen LogP contribution in [0, 0.1) is 0 Å². The summed E-state index contributed by atoms with van der Waals surface area (Å²) in [5, 5.41) is 3.18. The van der Waals surface area contributed by atoms with E-state index in [4.69, 9.17) is 4.74 Å². The summed E-state index contributed by atoms with van der Waals surface area (Å²) < 4.78 is 6.79. The molecule has 0 radical (unpaired) electrons. The second kappa shape index (κ2) is 7.54. The molecule has 0 spiro atoms. The second-order valence-electron chi connectivity index (χ2n) is 4.58. The molecular formula is C15H20N4O2. The Hall–Kier alpha value is -2.21. The van der Waals surface area contributed by atoms with Gasteiger partial charge >= 0.3 is 0 Å². The van der Waals surface area contributed by atoms with E-state index in [1.165, 1.54) is 10.6 Å². The maximum Gasteiger partial charge on any atom is 0.255 e. The molecule has 6 heteroatoms. The first-order valence-corrected chi connectivity index (χ1v) is 7.02. The molecule has 0 aliphatic rings. The Balaban J connectivity index is 2.14. The van der Waals surface area contributed by atoms with Crippen molar-refractivity contribution in [1.29, 1.82) is 0 Å². The van der Waals surface area contributed by atoms with Crippen LogP contribution in [0.4, 0.5) is 5.95 Å². The van der Waals surface area contributed by atoms with Crippen LogP contribution < -0.4 is 10.9 Å². The molecule has 112 valence electrons. The van der Waals surface area contributed by atoms with Gasteiger partial charge in [0.25, 0.3) is 5.56 Å². The lowest BCUT2D eigenvalue weighted by molar-refractivity contribution is 0.147. The molecule has 6 nitrogen and oxygen atoms in total. The van der Waals surface area contributed by atoms with E-state index in [2.05, 4.69) is 15.3 Å². The number of anilines is 1. The van der Waals surface area contributed by atoms with Crippen LogP contribution in [-0.2, 0) is 11.8 Å². The SMILES string of the molecule is CCOCCCNc1nc(-c2ccncc2)cc(=O)n1C. The summed E-state index contributed by atoms with van der Waals surface area (Å²) in [4.78, 5) is 20.5. The summed E-state index contributed by atoms with van der Waals surface area (Å²) in [6.45, 7) is 4.09. The first-order valence-electron chi connectivity index (χ1n) is 7.02. The Morgan fingerprint density at radius 2 is 2.10 bits per heavy atom. The van der Waals surface area contributed by atoms with Crippen molar-refractivity contribution in [3.05, 3.63) is 40.9 Å². The summed E-state index contributed by atoms with van der Waals surface area (Å²) in [7, 11) is 1.70. The molecule has 0 aromatic carbocycles. The zero-order chi connectivity index (χ0) is 15.1. The Kier molecular flexibility index (Phi) is 5.45. The van der Waals surface area contributed by atoms with Gasteiger partial charge in [-0.15, -0.1) is 0 Å². The number of rotatable bonds is 7. The first kappa shape index (κ1) is 15.2. The van der Waals surface area contributed by atoms with Gasteiger partial charge in [-0.1, -0.05) is 0 Å². The number of ether oxygens (including phenoxy) is 1. The zero-order valence-corrected chi connectivity index (χ0v) is 12.4. The van der Waals surface area contributed by atoms with Gasteiger partial charge < -0.3 is 10.1 Å². The van der Waals surface area contributed by atoms with E-state index in [1.807, 2.05) is 19.1 Å². The van der Waals surface area contributed by atoms with Crippen LogP contribution in [0.25, 0.3) is 11.3 Å². The third kappa shape index (κ3) is 4.13. The molecule has 0 bridgehead atoms. The van der Waals surface area contributed by atoms with E-state index in [9.17, 15) is 4.79 Å². The minimum atomic E-state index is -0.0934. The summed E-state index contributed by atoms with van der Waals surface area (Å²) in [5.41, 5.74) is 1.43. The van der Waals surface area contributed by atoms with Crippen LogP contribution >= 0.6 is 0 Å². The van der Waals surface area contributed by atoms with Gasteiger partial charge in [0.05, 0.1) is 5.69 Å². The highest BCUT2D eigenvalue weighted by molar-refractivity contribution is 5.59. The summed E-state index contributed by atoms with van der Waals surface area (Å²) >= 11 is 0. The summed E-state index contributed by atoms with van der Waals surface area (Å²) in [5.74, 6) is 0.561. The highest BCUT2D eigenvalue weighted by atomic mass is 16.5. The molecular weight excluding hydrogens is 268 g/mol. The predicted molar refractivity (Wildman–Crippen MR) is 82.3 cm³/mol. The highest BCUT2D eigenvalue weighted by Gasteiger charge is 2.07. The standard InChI is InChI=1S/C15H20N4O2/c1-3-21-10-4-7-17-15-18-13(11-14(20)19(15)2)12-5-8-16-9-6-12/h5-6,8-9,11H,3-4,7,10H2,1-2H3,(H,17,18). The van der Waals surface area contributed by atoms with Crippen LogP contribution in [-0.4, -0.2) is 34.3 Å². The average Bonchev–Trinajstić information content (AvgIpc) is 2.51. The van der Waals surface area contributed by atoms with Crippen molar-refractivity contribution in [2.24, 2.45) is 7.05 Å². The van der Waals surface area contributed by atoms with Crippen molar-refractivity contribution in [1.82, 2.24) is 14.5 Å². The zero-order valence-electron chi connectivity index (χ0n) is 12.4. The Morgan fingerprint density at radius 3 is 2.81 bits per heavy atom. The first-order chi connectivity index (χ1) is 10.2. The molecule has 0 atom stereocenters. The Morgan fingerprint density at radius 1 is 1.33 bits per heavy atom. The predicted octanol–water partition coefficient (Wildman–Crippen LogP) is 1.68. The molecule has 2 aromatic rings. The molecule has 1 N–H and O–H groups in total. The molecule has 0 amide bonds. The molecule has 21 heavy (non-hydrogen) atoms. The van der Waals surface area contributed by atoms with Crippen molar-refractivity contribution in [3.8, 4) is 11.3 Å². The van der Waals surface area contributed by atoms with Gasteiger partial charge in [0.1, 0.15) is 0 Å². The number of hydrogen-bond donors (Lipinski definition) is 1. The van der Waals surface area contributed by atoms with E-state index in [0.717, 1.165) is 12.0 Å². The van der Waals surface area contributed by atoms with Gasteiger partial charge in [0.2, 0.25) is 5.95 Å². The Bertz CT molecular complexity index is 625. The lowest BCUT2D eigenvalue weighted by atomic mass is 10.2. The third-order valence-corrected chi connectivity index (χ3v) is 3.06. The molecule has 0 fully saturated rings. The van der Waals surface area contributed by atoms with E-state index in [0.29, 0.717) is 31.4 Å². The highest BCUT2D eigenvalue weighted by Crippen LogP contribution is 2.15. The van der Waals surface area contributed by atoms with E-state index in [1.54, 1.807) is 19.4 Å². The van der Waals surface area contributed by atoms with Gasteiger partial charge in [-0.05, 0) is 25.5 Å². The molecule has 2 rings (SSSR count). The van der Waals surface area contributed by atoms with E-state index in [-0.39, 0.29) is 5.56 Å². The lowest BCUT2D eigenvalue weighted by Crippen LogP contribution is -2.22. The fourth-order valence-electron chi connectivity index (χ4n) is 1.89. The van der Waals surface area contributed by atoms with Gasteiger partial charge in [-0.2, -0.15) is 0 Å². The topological polar surface area (TPSA) is 69.0 Å². The smallest absolute Gasteiger partial charge is 0.255 e. The third-order valence-electron chi connectivity index (χ3n) is 3.06. The van der Waals surface area contributed by atoms with Crippen molar-refractivity contribution >= 4 is 5.95 Å². The normalized spacial score (nSPS) is 10.6. The lowest BCUT2D eigenvalue weighted by Gasteiger charge is -2.11. The summed E-state index contributed by atoms with van der Waals surface area (Å²) in [6, 6.07) is 5.20. The fraction of sp³-hybridized carbons (Fsp3) is 0.400. The van der Waals surface area contributed by atoms with Crippen LogP contribution in [0.2, 0.25) is 0 Å². The number of pyridine rings is 1. The monoisotopic (exact) mass is 288 g/mol. The van der Waals surface area contributed by atoms with Crippen LogP contribution in [0.3, 0.4) is 0 Å². The molecule has 0 aliphatic carbocycles. The summed E-state index contributed by atoms with van der Waals surface area (Å²) in [6.07, 6.45) is 4.23. The number of aromatic nitrogens is 3. The minimum absolute atomic E-state index is 0.0934. The molecule has 2 aromatic heterocycles. The molecule has 0 saturated heterocycles. The van der Waals surface area contributed by atoms with Gasteiger partial charge in [-0.3, -0.25) is 14.3 Å². The second-order valence-corrected chi connectivity index (χ2v) is 4.58. The number of nitrogens with zero attached hydrogens (tertiary/aromatic N) is 3. The number of hydrogen-bond acceptors (Lipinski definition) is 5. The largest absolute Gasteiger partial charge is 0.382 e. The van der Waals surface area contributed by atoms with E-state index < -0.39 is 0 Å². The molecule has 0 aliphatic heterocycles. The van der Waals surface area contributed by atoms with Crippen molar-refractivity contribution in [3.63, 3.8) is 0 Å². The molecule has 0 unspecified atom stereocenters. The van der Waals surface area contributed by atoms with Gasteiger partial charge in [0, 0.05) is 50.8 Å². The van der Waals surface area contributed by atoms with E-state index >= 15 is 0 Å². The quantitative estimate of drug-likeness (QED) is 0.785. The maximum absolute atomic E-state index is 12.0. The average molecular weight is 288 g/mol. The van der Waals surface area contributed by atoms with Gasteiger partial charge in [-0.25, -0.2) is 4.98 Å². The van der Waals surface area contributed by atoms with Crippen molar-refractivity contribution in [2.45, 2.75) is 13.3 Å². The fourth-order valence-corrected chi connectivity index (χ4v) is 1.89. The maximum atomic E-state index is 12.0. The van der Waals surface area contributed by atoms with Crippen molar-refractivity contribution in [2.75, 3.05) is 25.1 Å². The van der Waals surface area contributed by atoms with Crippen LogP contribution in [0.15, 0.2) is 35.4 Å². The molecule has 0 saturated carbocycles.